The molecular formula is C24H18ClN3O2. The lowest BCUT2D eigenvalue weighted by Gasteiger charge is -2.27. The van der Waals surface area contributed by atoms with Crippen LogP contribution in [0.2, 0.25) is 5.02 Å². The van der Waals surface area contributed by atoms with Gasteiger partial charge in [0.15, 0.2) is 0 Å². The number of rotatable bonds is 3. The van der Waals surface area contributed by atoms with E-state index in [1.807, 2.05) is 54.6 Å². The molecule has 1 aliphatic heterocycles. The van der Waals surface area contributed by atoms with Gasteiger partial charge >= 0.3 is 0 Å². The van der Waals surface area contributed by atoms with Crippen molar-refractivity contribution in [2.24, 2.45) is 0 Å². The molecule has 5 rings (SSSR count). The van der Waals surface area contributed by atoms with Gasteiger partial charge in [-0.2, -0.15) is 0 Å². The number of amides is 1. The average Bonchev–Trinajstić information content (AvgIpc) is 2.79. The minimum Gasteiger partial charge on any atom is -0.492 e. The van der Waals surface area contributed by atoms with Gasteiger partial charge in [-0.1, -0.05) is 41.9 Å². The molecule has 3 heterocycles. The maximum atomic E-state index is 13.4. The van der Waals surface area contributed by atoms with Crippen molar-refractivity contribution >= 4 is 28.4 Å². The molecule has 2 aromatic carbocycles. The third kappa shape index (κ3) is 3.37. The zero-order valence-electron chi connectivity index (χ0n) is 16.0. The number of para-hydroxylation sites is 2. The smallest absolute Gasteiger partial charge is 0.252 e. The van der Waals surface area contributed by atoms with Crippen molar-refractivity contribution in [1.82, 2.24) is 15.3 Å². The number of nitrogens with zero attached hydrogens (tertiary/aromatic N) is 2. The Morgan fingerprint density at radius 1 is 1.07 bits per heavy atom. The molecule has 4 aromatic rings. The molecule has 30 heavy (non-hydrogen) atoms. The molecule has 1 N–H and O–H groups in total. The number of hydrogen-bond acceptors (Lipinski definition) is 4. The third-order valence-electron chi connectivity index (χ3n) is 5.27. The molecule has 5 nitrogen and oxygen atoms in total. The number of carbonyl (C=O) groups is 1. The molecule has 2 aromatic heterocycles. The number of benzene rings is 2. The third-order valence-corrected chi connectivity index (χ3v) is 5.57. The minimum atomic E-state index is -0.170. The number of hydrogen-bond donors (Lipinski definition) is 1. The lowest BCUT2D eigenvalue weighted by Crippen LogP contribution is -2.32. The van der Waals surface area contributed by atoms with Crippen molar-refractivity contribution in [3.05, 3.63) is 89.2 Å². The van der Waals surface area contributed by atoms with Gasteiger partial charge in [-0.3, -0.25) is 9.78 Å². The van der Waals surface area contributed by atoms with Gasteiger partial charge in [0, 0.05) is 35.3 Å². The fourth-order valence-corrected chi connectivity index (χ4v) is 4.04. The predicted molar refractivity (Wildman–Crippen MR) is 117 cm³/mol. The maximum Gasteiger partial charge on any atom is 0.252 e. The number of aromatic nitrogens is 2. The summed E-state index contributed by atoms with van der Waals surface area (Å²) in [6.45, 7) is 0.501. The van der Waals surface area contributed by atoms with E-state index in [4.69, 9.17) is 21.3 Å². The minimum absolute atomic E-state index is 0.151. The van der Waals surface area contributed by atoms with Gasteiger partial charge in [-0.05, 0) is 30.3 Å². The van der Waals surface area contributed by atoms with Crippen LogP contribution in [-0.2, 0) is 0 Å². The summed E-state index contributed by atoms with van der Waals surface area (Å²) in [7, 11) is 0. The van der Waals surface area contributed by atoms with Gasteiger partial charge in [0.05, 0.1) is 34.4 Å². The number of fused-ring (bicyclic) bond motifs is 2. The summed E-state index contributed by atoms with van der Waals surface area (Å²) in [4.78, 5) is 22.2. The first-order valence-electron chi connectivity index (χ1n) is 9.73. The van der Waals surface area contributed by atoms with E-state index in [-0.39, 0.29) is 11.9 Å². The van der Waals surface area contributed by atoms with Crippen molar-refractivity contribution in [3.63, 3.8) is 0 Å². The zero-order chi connectivity index (χ0) is 20.5. The monoisotopic (exact) mass is 415 g/mol. The van der Waals surface area contributed by atoms with Gasteiger partial charge in [0.25, 0.3) is 5.91 Å². The lowest BCUT2D eigenvalue weighted by molar-refractivity contribution is 0.0926. The van der Waals surface area contributed by atoms with E-state index in [0.29, 0.717) is 29.4 Å². The first-order valence-corrected chi connectivity index (χ1v) is 10.1. The molecule has 0 spiro atoms. The van der Waals surface area contributed by atoms with Gasteiger partial charge in [0.2, 0.25) is 0 Å². The SMILES string of the molecule is O=C(NC1CCOc2c(Cl)cccc21)c1cc(-c2ccncc2)nc2ccccc12. The molecular weight excluding hydrogens is 398 g/mol. The van der Waals surface area contributed by atoms with Crippen LogP contribution in [0.4, 0.5) is 0 Å². The summed E-state index contributed by atoms with van der Waals surface area (Å²) in [6, 6.07) is 18.7. The highest BCUT2D eigenvalue weighted by molar-refractivity contribution is 6.32. The number of nitrogens with one attached hydrogen (secondary N) is 1. The van der Waals surface area contributed by atoms with E-state index < -0.39 is 0 Å². The zero-order valence-corrected chi connectivity index (χ0v) is 16.8. The van der Waals surface area contributed by atoms with Crippen LogP contribution in [0.25, 0.3) is 22.2 Å². The lowest BCUT2D eigenvalue weighted by atomic mass is 9.99. The maximum absolute atomic E-state index is 13.4. The highest BCUT2D eigenvalue weighted by atomic mass is 35.5. The second-order valence-corrected chi connectivity index (χ2v) is 7.54. The van der Waals surface area contributed by atoms with E-state index in [0.717, 1.165) is 27.7 Å². The van der Waals surface area contributed by atoms with Crippen LogP contribution in [0.3, 0.4) is 0 Å². The number of ether oxygens (including phenoxy) is 1. The van der Waals surface area contributed by atoms with E-state index in [9.17, 15) is 4.79 Å². The Labute approximate surface area is 178 Å². The number of carbonyl (C=O) groups excluding carboxylic acids is 1. The molecule has 0 radical (unpaired) electrons. The average molecular weight is 416 g/mol. The molecule has 1 aliphatic rings. The van der Waals surface area contributed by atoms with Crippen LogP contribution in [0, 0.1) is 0 Å². The topological polar surface area (TPSA) is 64.1 Å². The Kier molecular flexibility index (Phi) is 4.81. The van der Waals surface area contributed by atoms with Crippen LogP contribution in [-0.4, -0.2) is 22.5 Å². The number of pyridine rings is 2. The summed E-state index contributed by atoms with van der Waals surface area (Å²) in [5.74, 6) is 0.495. The van der Waals surface area contributed by atoms with Crippen LogP contribution in [0.15, 0.2) is 73.1 Å². The van der Waals surface area contributed by atoms with E-state index in [1.54, 1.807) is 18.5 Å². The van der Waals surface area contributed by atoms with E-state index in [1.165, 1.54) is 0 Å². The van der Waals surface area contributed by atoms with Crippen LogP contribution in [0.5, 0.6) is 5.75 Å². The second kappa shape index (κ2) is 7.76. The Balaban J connectivity index is 1.55. The van der Waals surface area contributed by atoms with Crippen molar-refractivity contribution < 1.29 is 9.53 Å². The highest BCUT2D eigenvalue weighted by Crippen LogP contribution is 2.37. The molecule has 1 atom stereocenters. The first kappa shape index (κ1) is 18.6. The van der Waals surface area contributed by atoms with Gasteiger partial charge in [0.1, 0.15) is 5.75 Å². The molecule has 1 unspecified atom stereocenters. The van der Waals surface area contributed by atoms with E-state index in [2.05, 4.69) is 10.3 Å². The van der Waals surface area contributed by atoms with E-state index >= 15 is 0 Å². The summed E-state index contributed by atoms with van der Waals surface area (Å²) < 4.78 is 5.72. The van der Waals surface area contributed by atoms with Crippen molar-refractivity contribution in [1.29, 1.82) is 0 Å². The molecule has 6 heteroatoms. The molecule has 1 amide bonds. The van der Waals surface area contributed by atoms with Gasteiger partial charge in [-0.15, -0.1) is 0 Å². The molecule has 0 bridgehead atoms. The summed E-state index contributed by atoms with van der Waals surface area (Å²) in [5, 5.41) is 4.54. The molecule has 0 saturated heterocycles. The summed E-state index contributed by atoms with van der Waals surface area (Å²) in [5.41, 5.74) is 3.90. The normalized spacial score (nSPS) is 15.3. The van der Waals surface area contributed by atoms with Crippen molar-refractivity contribution in [2.45, 2.75) is 12.5 Å². The Hall–Kier alpha value is -3.44. The van der Waals surface area contributed by atoms with Crippen molar-refractivity contribution in [3.8, 4) is 17.0 Å². The number of halogens is 1. The molecule has 0 aliphatic carbocycles. The van der Waals surface area contributed by atoms with Crippen molar-refractivity contribution in [2.75, 3.05) is 6.61 Å². The molecule has 0 fully saturated rings. The molecule has 0 saturated carbocycles. The fourth-order valence-electron chi connectivity index (χ4n) is 3.81. The largest absolute Gasteiger partial charge is 0.492 e. The highest BCUT2D eigenvalue weighted by Gasteiger charge is 2.26. The first-order chi connectivity index (χ1) is 14.7. The fraction of sp³-hybridized carbons (Fsp3) is 0.125. The van der Waals surface area contributed by atoms with Crippen LogP contribution >= 0.6 is 11.6 Å². The Morgan fingerprint density at radius 2 is 1.90 bits per heavy atom. The van der Waals surface area contributed by atoms with Gasteiger partial charge < -0.3 is 10.1 Å². The van der Waals surface area contributed by atoms with Crippen LogP contribution < -0.4 is 10.1 Å². The van der Waals surface area contributed by atoms with Crippen LogP contribution in [0.1, 0.15) is 28.4 Å². The quantitative estimate of drug-likeness (QED) is 0.499. The van der Waals surface area contributed by atoms with Gasteiger partial charge in [-0.25, -0.2) is 4.98 Å². The predicted octanol–water partition coefficient (Wildman–Crippen LogP) is 5.20. The second-order valence-electron chi connectivity index (χ2n) is 7.13. The summed E-state index contributed by atoms with van der Waals surface area (Å²) >= 11 is 6.28. The standard InChI is InChI=1S/C24H18ClN3O2/c25-19-6-3-5-17-21(10-13-30-23(17)19)28-24(29)18-14-22(15-8-11-26-12-9-15)27-20-7-2-1-4-16(18)20/h1-9,11-12,14,21H,10,13H2,(H,28,29). The Bertz CT molecular complexity index is 1240. The Morgan fingerprint density at radius 3 is 2.77 bits per heavy atom. The summed E-state index contributed by atoms with van der Waals surface area (Å²) in [6.07, 6.45) is 4.11. The molecule has 148 valence electrons.